The number of unbranched alkanes of at least 4 members (excludes halogenated alkanes) is 1. The molecule has 1 aliphatic rings. The van der Waals surface area contributed by atoms with E-state index in [1.54, 1.807) is 0 Å². The molecular formula is C16H30O2. The van der Waals surface area contributed by atoms with Gasteiger partial charge in [0.15, 0.2) is 0 Å². The van der Waals surface area contributed by atoms with Crippen molar-refractivity contribution in [1.82, 2.24) is 0 Å². The summed E-state index contributed by atoms with van der Waals surface area (Å²) in [5, 5.41) is 0. The average Bonchev–Trinajstić information content (AvgIpc) is 2.39. The third-order valence-corrected chi connectivity index (χ3v) is 4.88. The number of Topliss-reactive ketones (excluding diaryl/α,β-unsaturated/α-hetero) is 1. The number of hydrogen-bond donors (Lipinski definition) is 0. The minimum Gasteiger partial charge on any atom is -0.376 e. The van der Waals surface area contributed by atoms with Crippen LogP contribution in [-0.4, -0.2) is 18.5 Å². The van der Waals surface area contributed by atoms with Crippen molar-refractivity contribution in [3.63, 3.8) is 0 Å². The molecule has 106 valence electrons. The van der Waals surface area contributed by atoms with Crippen LogP contribution in [0.3, 0.4) is 0 Å². The molecule has 0 amide bonds. The highest BCUT2D eigenvalue weighted by molar-refractivity contribution is 5.92. The summed E-state index contributed by atoms with van der Waals surface area (Å²) >= 11 is 0. The molecule has 1 fully saturated rings. The van der Waals surface area contributed by atoms with Crippen LogP contribution in [0.25, 0.3) is 0 Å². The first-order valence-electron chi connectivity index (χ1n) is 7.79. The van der Waals surface area contributed by atoms with Crippen molar-refractivity contribution in [3.05, 3.63) is 0 Å². The fraction of sp³-hybridized carbons (Fsp3) is 0.938. The molecule has 0 bridgehead atoms. The van der Waals surface area contributed by atoms with E-state index < -0.39 is 0 Å². The Balaban J connectivity index is 2.41. The van der Waals surface area contributed by atoms with Crippen LogP contribution in [0.5, 0.6) is 0 Å². The van der Waals surface area contributed by atoms with E-state index in [4.69, 9.17) is 4.74 Å². The van der Waals surface area contributed by atoms with Gasteiger partial charge >= 0.3 is 0 Å². The molecule has 2 heteroatoms. The normalized spacial score (nSPS) is 23.8. The van der Waals surface area contributed by atoms with Crippen molar-refractivity contribution in [3.8, 4) is 0 Å². The Hall–Kier alpha value is -0.370. The van der Waals surface area contributed by atoms with Crippen LogP contribution in [0, 0.1) is 11.3 Å². The van der Waals surface area contributed by atoms with E-state index in [1.165, 1.54) is 25.7 Å². The minimum absolute atomic E-state index is 0.150. The van der Waals surface area contributed by atoms with E-state index >= 15 is 0 Å². The smallest absolute Gasteiger partial charge is 0.144 e. The summed E-state index contributed by atoms with van der Waals surface area (Å²) in [6, 6.07) is 0. The number of hydrogen-bond acceptors (Lipinski definition) is 2. The van der Waals surface area contributed by atoms with Crippen molar-refractivity contribution in [2.45, 2.75) is 78.7 Å². The topological polar surface area (TPSA) is 26.3 Å². The maximum Gasteiger partial charge on any atom is 0.144 e. The highest BCUT2D eigenvalue weighted by Crippen LogP contribution is 2.45. The van der Waals surface area contributed by atoms with E-state index in [0.717, 1.165) is 19.4 Å². The largest absolute Gasteiger partial charge is 0.376 e. The molecule has 0 saturated heterocycles. The highest BCUT2D eigenvalue weighted by Gasteiger charge is 2.52. The molecule has 0 heterocycles. The molecule has 2 nitrogen and oxygen atoms in total. The van der Waals surface area contributed by atoms with Gasteiger partial charge in [-0.05, 0) is 25.2 Å². The van der Waals surface area contributed by atoms with Crippen LogP contribution < -0.4 is 0 Å². The monoisotopic (exact) mass is 254 g/mol. The summed E-state index contributed by atoms with van der Waals surface area (Å²) in [6.07, 6.45) is 7.69. The van der Waals surface area contributed by atoms with Gasteiger partial charge in [0, 0.05) is 13.0 Å². The average molecular weight is 254 g/mol. The van der Waals surface area contributed by atoms with Crippen LogP contribution in [0.15, 0.2) is 0 Å². The number of ether oxygens (including phenoxy) is 1. The van der Waals surface area contributed by atoms with Crippen LogP contribution >= 0.6 is 0 Å². The summed E-state index contributed by atoms with van der Waals surface area (Å²) in [4.78, 5) is 11.8. The molecule has 0 aromatic carbocycles. The lowest BCUT2D eigenvalue weighted by Crippen LogP contribution is -2.55. The maximum absolute atomic E-state index is 11.8. The molecule has 1 saturated carbocycles. The first-order valence-corrected chi connectivity index (χ1v) is 7.79. The third kappa shape index (κ3) is 3.14. The fourth-order valence-electron chi connectivity index (χ4n) is 3.08. The van der Waals surface area contributed by atoms with Crippen molar-refractivity contribution >= 4 is 5.78 Å². The van der Waals surface area contributed by atoms with Gasteiger partial charge in [0.25, 0.3) is 0 Å². The zero-order chi connectivity index (χ0) is 13.6. The van der Waals surface area contributed by atoms with Gasteiger partial charge in [-0.15, -0.1) is 0 Å². The standard InChI is InChI=1S/C16H30O2/c1-5-9-10-13(6-2)12-18-15-11-14(17)16(15,7-3)8-4/h13,15H,5-12H2,1-4H3. The molecule has 18 heavy (non-hydrogen) atoms. The van der Waals surface area contributed by atoms with E-state index in [1.807, 2.05) is 0 Å². The molecular weight excluding hydrogens is 224 g/mol. The molecule has 0 aliphatic heterocycles. The van der Waals surface area contributed by atoms with Gasteiger partial charge in [-0.3, -0.25) is 4.79 Å². The van der Waals surface area contributed by atoms with Crippen LogP contribution in [-0.2, 0) is 9.53 Å². The summed E-state index contributed by atoms with van der Waals surface area (Å²) in [5.41, 5.74) is -0.150. The Labute approximate surface area is 112 Å². The quantitative estimate of drug-likeness (QED) is 0.611. The molecule has 0 spiro atoms. The lowest BCUT2D eigenvalue weighted by Gasteiger charge is -2.47. The lowest BCUT2D eigenvalue weighted by molar-refractivity contribution is -0.167. The Morgan fingerprint density at radius 3 is 2.39 bits per heavy atom. The Morgan fingerprint density at radius 1 is 1.28 bits per heavy atom. The van der Waals surface area contributed by atoms with Crippen LogP contribution in [0.4, 0.5) is 0 Å². The number of rotatable bonds is 9. The van der Waals surface area contributed by atoms with E-state index in [-0.39, 0.29) is 11.5 Å². The highest BCUT2D eigenvalue weighted by atomic mass is 16.5. The Kier molecular flexibility index (Phi) is 6.34. The number of ketones is 1. The molecule has 1 rings (SSSR count). The number of carbonyl (C=O) groups excluding carboxylic acids is 1. The SMILES string of the molecule is CCCCC(CC)COC1CC(=O)C1(CC)CC. The summed E-state index contributed by atoms with van der Waals surface area (Å²) in [6.45, 7) is 9.55. The second-order valence-corrected chi connectivity index (χ2v) is 5.73. The summed E-state index contributed by atoms with van der Waals surface area (Å²) in [7, 11) is 0. The maximum atomic E-state index is 11.8. The van der Waals surface area contributed by atoms with Gasteiger partial charge in [0.2, 0.25) is 0 Å². The van der Waals surface area contributed by atoms with E-state index in [9.17, 15) is 4.79 Å². The summed E-state index contributed by atoms with van der Waals surface area (Å²) < 4.78 is 6.08. The first-order chi connectivity index (χ1) is 8.64. The van der Waals surface area contributed by atoms with Gasteiger partial charge in [-0.1, -0.05) is 47.0 Å². The fourth-order valence-corrected chi connectivity index (χ4v) is 3.08. The van der Waals surface area contributed by atoms with Gasteiger partial charge in [-0.2, -0.15) is 0 Å². The second-order valence-electron chi connectivity index (χ2n) is 5.73. The third-order valence-electron chi connectivity index (χ3n) is 4.88. The van der Waals surface area contributed by atoms with Gasteiger partial charge in [0.05, 0.1) is 11.5 Å². The minimum atomic E-state index is -0.150. The first kappa shape index (κ1) is 15.7. The van der Waals surface area contributed by atoms with E-state index in [0.29, 0.717) is 18.1 Å². The molecule has 2 unspecified atom stereocenters. The van der Waals surface area contributed by atoms with Crippen LogP contribution in [0.1, 0.15) is 72.6 Å². The van der Waals surface area contributed by atoms with Crippen molar-refractivity contribution < 1.29 is 9.53 Å². The van der Waals surface area contributed by atoms with Crippen molar-refractivity contribution in [2.24, 2.45) is 11.3 Å². The van der Waals surface area contributed by atoms with Gasteiger partial charge in [-0.25, -0.2) is 0 Å². The van der Waals surface area contributed by atoms with Crippen molar-refractivity contribution in [2.75, 3.05) is 6.61 Å². The predicted molar refractivity (Wildman–Crippen MR) is 75.7 cm³/mol. The molecule has 2 atom stereocenters. The zero-order valence-corrected chi connectivity index (χ0v) is 12.6. The Bertz CT molecular complexity index is 256. The van der Waals surface area contributed by atoms with Gasteiger partial charge in [0.1, 0.15) is 5.78 Å². The van der Waals surface area contributed by atoms with Crippen LogP contribution in [0.2, 0.25) is 0 Å². The second kappa shape index (κ2) is 7.28. The summed E-state index contributed by atoms with van der Waals surface area (Å²) in [5.74, 6) is 1.09. The van der Waals surface area contributed by atoms with Gasteiger partial charge < -0.3 is 4.74 Å². The predicted octanol–water partition coefficient (Wildman–Crippen LogP) is 4.37. The molecule has 1 aliphatic carbocycles. The molecule has 0 aromatic heterocycles. The molecule has 0 aromatic rings. The number of carbonyl (C=O) groups is 1. The lowest BCUT2D eigenvalue weighted by atomic mass is 9.61. The molecule has 0 N–H and O–H groups in total. The van der Waals surface area contributed by atoms with Crippen molar-refractivity contribution in [1.29, 1.82) is 0 Å². The van der Waals surface area contributed by atoms with E-state index in [2.05, 4.69) is 27.7 Å². The Morgan fingerprint density at radius 2 is 1.94 bits per heavy atom. The zero-order valence-electron chi connectivity index (χ0n) is 12.6. The molecule has 0 radical (unpaired) electrons.